The second-order valence-electron chi connectivity index (χ2n) is 4.61. The van der Waals surface area contributed by atoms with Gasteiger partial charge in [0.15, 0.2) is 0 Å². The molecule has 0 saturated heterocycles. The van der Waals surface area contributed by atoms with Crippen molar-refractivity contribution in [2.45, 2.75) is 13.8 Å². The van der Waals surface area contributed by atoms with Gasteiger partial charge in [-0.2, -0.15) is 5.10 Å². The third-order valence-electron chi connectivity index (χ3n) is 2.92. The lowest BCUT2D eigenvalue weighted by atomic mass is 10.1. The molecular formula is C16H16N2O2. The Hall–Kier alpha value is -2.62. The maximum absolute atomic E-state index is 11.8. The van der Waals surface area contributed by atoms with E-state index in [1.54, 1.807) is 6.21 Å². The van der Waals surface area contributed by atoms with Gasteiger partial charge in [0.25, 0.3) is 5.91 Å². The SMILES string of the molecule is Cc1ccc(/C=N\NC(=O)c2ccc(O)cc2)c(C)c1. The molecule has 1 amide bonds. The van der Waals surface area contributed by atoms with Crippen LogP contribution in [0.15, 0.2) is 47.6 Å². The second kappa shape index (κ2) is 6.02. The van der Waals surface area contributed by atoms with E-state index in [4.69, 9.17) is 5.11 Å². The van der Waals surface area contributed by atoms with Crippen LogP contribution in [0.25, 0.3) is 0 Å². The maximum Gasteiger partial charge on any atom is 0.271 e. The Bertz CT molecular complexity index is 646. The van der Waals surface area contributed by atoms with Crippen molar-refractivity contribution in [3.8, 4) is 5.75 Å². The number of hydrogen-bond donors (Lipinski definition) is 2. The Balaban J connectivity index is 2.02. The number of phenols is 1. The summed E-state index contributed by atoms with van der Waals surface area (Å²) >= 11 is 0. The summed E-state index contributed by atoms with van der Waals surface area (Å²) in [5.74, 6) is -0.189. The van der Waals surface area contributed by atoms with E-state index in [0.29, 0.717) is 5.56 Å². The number of nitrogens with zero attached hydrogens (tertiary/aromatic N) is 1. The Morgan fingerprint density at radius 3 is 2.50 bits per heavy atom. The van der Waals surface area contributed by atoms with E-state index in [1.807, 2.05) is 26.0 Å². The number of phenolic OH excluding ortho intramolecular Hbond substituents is 1. The quantitative estimate of drug-likeness (QED) is 0.664. The fourth-order valence-electron chi connectivity index (χ4n) is 1.81. The minimum absolute atomic E-state index is 0.125. The number of amides is 1. The van der Waals surface area contributed by atoms with E-state index < -0.39 is 0 Å². The summed E-state index contributed by atoms with van der Waals surface area (Å²) in [6.07, 6.45) is 1.62. The molecule has 2 rings (SSSR count). The largest absolute Gasteiger partial charge is 0.508 e. The molecule has 0 heterocycles. The molecular weight excluding hydrogens is 252 g/mol. The zero-order valence-electron chi connectivity index (χ0n) is 11.4. The summed E-state index contributed by atoms with van der Waals surface area (Å²) in [7, 11) is 0. The third kappa shape index (κ3) is 3.45. The normalized spacial score (nSPS) is 10.7. The molecule has 0 aliphatic carbocycles. The van der Waals surface area contributed by atoms with Crippen LogP contribution in [0.5, 0.6) is 5.75 Å². The molecule has 0 bridgehead atoms. The number of nitrogens with one attached hydrogen (secondary N) is 1. The zero-order valence-corrected chi connectivity index (χ0v) is 11.4. The molecule has 4 nitrogen and oxygen atoms in total. The van der Waals surface area contributed by atoms with E-state index in [2.05, 4.69) is 16.6 Å². The van der Waals surface area contributed by atoms with Crippen molar-refractivity contribution >= 4 is 12.1 Å². The van der Waals surface area contributed by atoms with Crippen molar-refractivity contribution in [1.82, 2.24) is 5.43 Å². The Labute approximate surface area is 117 Å². The first-order chi connectivity index (χ1) is 9.56. The highest BCUT2D eigenvalue weighted by atomic mass is 16.3. The highest BCUT2D eigenvalue weighted by Gasteiger charge is 2.03. The summed E-state index contributed by atoms with van der Waals surface area (Å²) < 4.78 is 0. The number of benzene rings is 2. The van der Waals surface area contributed by atoms with Gasteiger partial charge in [0.1, 0.15) is 5.75 Å². The van der Waals surface area contributed by atoms with Crippen LogP contribution < -0.4 is 5.43 Å². The Morgan fingerprint density at radius 1 is 1.15 bits per heavy atom. The molecule has 0 atom stereocenters. The molecule has 0 unspecified atom stereocenters. The van der Waals surface area contributed by atoms with E-state index in [-0.39, 0.29) is 11.7 Å². The standard InChI is InChI=1S/C16H16N2O2/c1-11-3-4-14(12(2)9-11)10-17-18-16(20)13-5-7-15(19)8-6-13/h3-10,19H,1-2H3,(H,18,20)/b17-10-. The molecule has 0 radical (unpaired) electrons. The molecule has 2 aromatic carbocycles. The number of aromatic hydroxyl groups is 1. The van der Waals surface area contributed by atoms with Crippen molar-refractivity contribution < 1.29 is 9.90 Å². The van der Waals surface area contributed by atoms with Gasteiger partial charge in [-0.1, -0.05) is 23.8 Å². The number of rotatable bonds is 3. The molecule has 2 aromatic rings. The molecule has 0 saturated carbocycles. The predicted octanol–water partition coefficient (Wildman–Crippen LogP) is 2.77. The molecule has 0 aliphatic heterocycles. The van der Waals surface area contributed by atoms with Gasteiger partial charge >= 0.3 is 0 Å². The topological polar surface area (TPSA) is 61.7 Å². The van der Waals surface area contributed by atoms with Gasteiger partial charge in [0.05, 0.1) is 6.21 Å². The highest BCUT2D eigenvalue weighted by molar-refractivity contribution is 5.95. The summed E-state index contributed by atoms with van der Waals surface area (Å²) in [6.45, 7) is 4.02. The summed E-state index contributed by atoms with van der Waals surface area (Å²) in [4.78, 5) is 11.8. The molecule has 0 aromatic heterocycles. The van der Waals surface area contributed by atoms with Gasteiger partial charge in [0, 0.05) is 5.56 Å². The number of hydrogen-bond acceptors (Lipinski definition) is 3. The first kappa shape index (κ1) is 13.8. The Morgan fingerprint density at radius 2 is 1.85 bits per heavy atom. The maximum atomic E-state index is 11.8. The smallest absolute Gasteiger partial charge is 0.271 e. The molecule has 2 N–H and O–H groups in total. The lowest BCUT2D eigenvalue weighted by Gasteiger charge is -2.02. The monoisotopic (exact) mass is 268 g/mol. The molecule has 0 aliphatic rings. The van der Waals surface area contributed by atoms with E-state index in [1.165, 1.54) is 29.8 Å². The fourth-order valence-corrected chi connectivity index (χ4v) is 1.81. The van der Waals surface area contributed by atoms with Crippen LogP contribution in [0.2, 0.25) is 0 Å². The van der Waals surface area contributed by atoms with E-state index >= 15 is 0 Å². The summed E-state index contributed by atoms with van der Waals surface area (Å²) in [5.41, 5.74) is 6.15. The number of aryl methyl sites for hydroxylation is 2. The van der Waals surface area contributed by atoms with Gasteiger partial charge in [0.2, 0.25) is 0 Å². The van der Waals surface area contributed by atoms with E-state index in [9.17, 15) is 4.79 Å². The molecule has 20 heavy (non-hydrogen) atoms. The molecule has 102 valence electrons. The van der Waals surface area contributed by atoms with Crippen LogP contribution in [-0.2, 0) is 0 Å². The van der Waals surface area contributed by atoms with Gasteiger partial charge in [-0.25, -0.2) is 5.43 Å². The van der Waals surface area contributed by atoms with Gasteiger partial charge in [-0.3, -0.25) is 4.79 Å². The second-order valence-corrected chi connectivity index (χ2v) is 4.61. The lowest BCUT2D eigenvalue weighted by Crippen LogP contribution is -2.17. The van der Waals surface area contributed by atoms with Gasteiger partial charge in [-0.05, 0) is 49.2 Å². The molecule has 0 fully saturated rings. The van der Waals surface area contributed by atoms with Gasteiger partial charge in [-0.15, -0.1) is 0 Å². The van der Waals surface area contributed by atoms with Crippen LogP contribution in [0.4, 0.5) is 0 Å². The average molecular weight is 268 g/mol. The van der Waals surface area contributed by atoms with Crippen LogP contribution in [0, 0.1) is 13.8 Å². The number of hydrazone groups is 1. The van der Waals surface area contributed by atoms with Crippen molar-refractivity contribution in [2.24, 2.45) is 5.10 Å². The lowest BCUT2D eigenvalue weighted by molar-refractivity contribution is 0.0955. The van der Waals surface area contributed by atoms with Crippen LogP contribution in [0.3, 0.4) is 0 Å². The van der Waals surface area contributed by atoms with Gasteiger partial charge < -0.3 is 5.11 Å². The highest BCUT2D eigenvalue weighted by Crippen LogP contribution is 2.10. The summed E-state index contributed by atoms with van der Waals surface area (Å²) in [5, 5.41) is 13.1. The predicted molar refractivity (Wildman–Crippen MR) is 79.1 cm³/mol. The average Bonchev–Trinajstić information content (AvgIpc) is 2.42. The first-order valence-electron chi connectivity index (χ1n) is 6.26. The molecule has 4 heteroatoms. The van der Waals surface area contributed by atoms with Crippen molar-refractivity contribution in [3.63, 3.8) is 0 Å². The first-order valence-corrected chi connectivity index (χ1v) is 6.26. The fraction of sp³-hybridized carbons (Fsp3) is 0.125. The minimum atomic E-state index is -0.314. The van der Waals surface area contributed by atoms with Crippen LogP contribution in [-0.4, -0.2) is 17.2 Å². The van der Waals surface area contributed by atoms with Crippen molar-refractivity contribution in [1.29, 1.82) is 0 Å². The third-order valence-corrected chi connectivity index (χ3v) is 2.92. The van der Waals surface area contributed by atoms with Crippen LogP contribution >= 0.6 is 0 Å². The number of carbonyl (C=O) groups is 1. The summed E-state index contributed by atoms with van der Waals surface area (Å²) in [6, 6.07) is 12.0. The van der Waals surface area contributed by atoms with Crippen molar-refractivity contribution in [2.75, 3.05) is 0 Å². The Kier molecular flexibility index (Phi) is 4.15. The molecule has 0 spiro atoms. The van der Waals surface area contributed by atoms with E-state index in [0.717, 1.165) is 11.1 Å². The number of carbonyl (C=O) groups excluding carboxylic acids is 1. The van der Waals surface area contributed by atoms with Crippen LogP contribution in [0.1, 0.15) is 27.0 Å². The minimum Gasteiger partial charge on any atom is -0.508 e. The zero-order chi connectivity index (χ0) is 14.5. The van der Waals surface area contributed by atoms with Crippen molar-refractivity contribution in [3.05, 3.63) is 64.7 Å².